The number of aryl methyl sites for hydroxylation is 1. The van der Waals surface area contributed by atoms with E-state index in [1.165, 1.54) is 29.7 Å². The Kier molecular flexibility index (Phi) is 5.66. The van der Waals surface area contributed by atoms with Crippen LogP contribution in [0.4, 0.5) is 5.69 Å². The molecule has 0 saturated carbocycles. The molecule has 2 aromatic rings. The van der Waals surface area contributed by atoms with Gasteiger partial charge in [-0.25, -0.2) is 0 Å². The second-order valence-electron chi connectivity index (χ2n) is 5.21. The first-order valence-corrected chi connectivity index (χ1v) is 8.07. The Morgan fingerprint density at radius 2 is 1.85 bits per heavy atom. The lowest BCUT2D eigenvalue weighted by Gasteiger charge is -2.21. The lowest BCUT2D eigenvalue weighted by molar-refractivity contribution is 0.634. The van der Waals surface area contributed by atoms with Crippen molar-refractivity contribution in [2.45, 2.75) is 39.2 Å². The predicted octanol–water partition coefficient (Wildman–Crippen LogP) is 6.10. The Bertz CT molecular complexity index is 536. The SMILES string of the molecule is CCCCC(Nc1ccc(Br)cc1C)c1ccccc1. The minimum absolute atomic E-state index is 0.385. The van der Waals surface area contributed by atoms with Crippen LogP contribution in [0, 0.1) is 6.92 Å². The molecule has 106 valence electrons. The highest BCUT2D eigenvalue weighted by molar-refractivity contribution is 9.10. The normalized spacial score (nSPS) is 12.2. The van der Waals surface area contributed by atoms with Gasteiger partial charge < -0.3 is 5.32 Å². The van der Waals surface area contributed by atoms with E-state index in [-0.39, 0.29) is 0 Å². The molecule has 1 unspecified atom stereocenters. The van der Waals surface area contributed by atoms with Crippen LogP contribution in [0.25, 0.3) is 0 Å². The summed E-state index contributed by atoms with van der Waals surface area (Å²) in [6, 6.07) is 17.5. The first-order valence-electron chi connectivity index (χ1n) is 7.28. The summed E-state index contributed by atoms with van der Waals surface area (Å²) in [5, 5.41) is 3.70. The highest BCUT2D eigenvalue weighted by atomic mass is 79.9. The molecule has 1 atom stereocenters. The van der Waals surface area contributed by atoms with Crippen LogP contribution in [0.5, 0.6) is 0 Å². The molecule has 1 N–H and O–H groups in total. The third-order valence-corrected chi connectivity index (χ3v) is 4.06. The van der Waals surface area contributed by atoms with Crippen molar-refractivity contribution in [2.24, 2.45) is 0 Å². The van der Waals surface area contributed by atoms with Crippen molar-refractivity contribution in [3.63, 3.8) is 0 Å². The number of hydrogen-bond acceptors (Lipinski definition) is 1. The van der Waals surface area contributed by atoms with Crippen molar-refractivity contribution in [3.8, 4) is 0 Å². The van der Waals surface area contributed by atoms with E-state index in [1.807, 2.05) is 0 Å². The topological polar surface area (TPSA) is 12.0 Å². The molecule has 1 nitrogen and oxygen atoms in total. The summed E-state index contributed by atoms with van der Waals surface area (Å²) in [7, 11) is 0. The Morgan fingerprint density at radius 1 is 1.10 bits per heavy atom. The van der Waals surface area contributed by atoms with E-state index < -0.39 is 0 Å². The van der Waals surface area contributed by atoms with E-state index in [9.17, 15) is 0 Å². The van der Waals surface area contributed by atoms with Crippen LogP contribution in [-0.2, 0) is 0 Å². The molecule has 2 heteroatoms. The fourth-order valence-corrected chi connectivity index (χ4v) is 2.87. The molecule has 0 saturated heterocycles. The molecule has 0 fully saturated rings. The number of unbranched alkanes of at least 4 members (excludes halogenated alkanes) is 1. The van der Waals surface area contributed by atoms with Gasteiger partial charge in [-0.3, -0.25) is 0 Å². The van der Waals surface area contributed by atoms with Crippen LogP contribution < -0.4 is 5.32 Å². The van der Waals surface area contributed by atoms with Gasteiger partial charge in [0, 0.05) is 10.2 Å². The third kappa shape index (κ3) is 4.11. The molecular weight excluding hydrogens is 310 g/mol. The molecule has 0 aliphatic heterocycles. The number of rotatable bonds is 6. The van der Waals surface area contributed by atoms with E-state index in [2.05, 4.69) is 83.6 Å². The number of anilines is 1. The largest absolute Gasteiger partial charge is 0.378 e. The van der Waals surface area contributed by atoms with Crippen molar-refractivity contribution in [1.29, 1.82) is 0 Å². The quantitative estimate of drug-likeness (QED) is 0.674. The number of benzene rings is 2. The minimum Gasteiger partial charge on any atom is -0.378 e. The maximum atomic E-state index is 3.70. The second-order valence-corrected chi connectivity index (χ2v) is 6.12. The summed E-state index contributed by atoms with van der Waals surface area (Å²) >= 11 is 3.52. The summed E-state index contributed by atoms with van der Waals surface area (Å²) in [5.41, 5.74) is 3.86. The summed E-state index contributed by atoms with van der Waals surface area (Å²) in [5.74, 6) is 0. The van der Waals surface area contributed by atoms with Gasteiger partial charge in [0.2, 0.25) is 0 Å². The number of halogens is 1. The monoisotopic (exact) mass is 331 g/mol. The van der Waals surface area contributed by atoms with Crippen LogP contribution in [0.3, 0.4) is 0 Å². The fourth-order valence-electron chi connectivity index (χ4n) is 2.39. The van der Waals surface area contributed by atoms with Crippen molar-refractivity contribution in [1.82, 2.24) is 0 Å². The standard InChI is InChI=1S/C18H22BrN/c1-3-4-10-18(15-8-6-5-7-9-15)20-17-12-11-16(19)13-14(17)2/h5-9,11-13,18,20H,3-4,10H2,1-2H3. The Labute approximate surface area is 130 Å². The van der Waals surface area contributed by atoms with E-state index in [0.29, 0.717) is 6.04 Å². The lowest BCUT2D eigenvalue weighted by atomic mass is 10.0. The Hall–Kier alpha value is -1.28. The van der Waals surface area contributed by atoms with E-state index in [4.69, 9.17) is 0 Å². The minimum atomic E-state index is 0.385. The summed E-state index contributed by atoms with van der Waals surface area (Å²) in [6.45, 7) is 4.39. The average molecular weight is 332 g/mol. The highest BCUT2D eigenvalue weighted by Crippen LogP contribution is 2.27. The van der Waals surface area contributed by atoms with Gasteiger partial charge in [-0.05, 0) is 42.7 Å². The van der Waals surface area contributed by atoms with Crippen molar-refractivity contribution < 1.29 is 0 Å². The number of nitrogens with one attached hydrogen (secondary N) is 1. The van der Waals surface area contributed by atoms with Gasteiger partial charge >= 0.3 is 0 Å². The van der Waals surface area contributed by atoms with Gasteiger partial charge in [0.05, 0.1) is 6.04 Å². The molecule has 0 amide bonds. The number of hydrogen-bond donors (Lipinski definition) is 1. The molecular formula is C18H22BrN. The van der Waals surface area contributed by atoms with Crippen molar-refractivity contribution >= 4 is 21.6 Å². The Morgan fingerprint density at radius 3 is 2.50 bits per heavy atom. The lowest BCUT2D eigenvalue weighted by Crippen LogP contribution is -2.11. The van der Waals surface area contributed by atoms with Crippen LogP contribution in [-0.4, -0.2) is 0 Å². The van der Waals surface area contributed by atoms with Crippen LogP contribution >= 0.6 is 15.9 Å². The van der Waals surface area contributed by atoms with Gasteiger partial charge in [-0.15, -0.1) is 0 Å². The van der Waals surface area contributed by atoms with Crippen molar-refractivity contribution in [2.75, 3.05) is 5.32 Å². The van der Waals surface area contributed by atoms with Crippen LogP contribution in [0.15, 0.2) is 53.0 Å². The smallest absolute Gasteiger partial charge is 0.0513 e. The molecule has 0 aliphatic rings. The zero-order valence-electron chi connectivity index (χ0n) is 12.2. The molecule has 0 aliphatic carbocycles. The molecule has 20 heavy (non-hydrogen) atoms. The first-order chi connectivity index (χ1) is 9.70. The zero-order valence-corrected chi connectivity index (χ0v) is 13.8. The van der Waals surface area contributed by atoms with Crippen LogP contribution in [0.1, 0.15) is 43.4 Å². The molecule has 0 heterocycles. The van der Waals surface area contributed by atoms with E-state index in [1.54, 1.807) is 0 Å². The van der Waals surface area contributed by atoms with Gasteiger partial charge in [0.15, 0.2) is 0 Å². The zero-order chi connectivity index (χ0) is 14.4. The van der Waals surface area contributed by atoms with Gasteiger partial charge in [-0.2, -0.15) is 0 Å². The maximum absolute atomic E-state index is 3.70. The third-order valence-electron chi connectivity index (χ3n) is 3.57. The first kappa shape index (κ1) is 15.1. The molecule has 0 radical (unpaired) electrons. The maximum Gasteiger partial charge on any atom is 0.0513 e. The van der Waals surface area contributed by atoms with Gasteiger partial charge in [0.1, 0.15) is 0 Å². The van der Waals surface area contributed by atoms with Gasteiger partial charge in [0.25, 0.3) is 0 Å². The average Bonchev–Trinajstić information content (AvgIpc) is 2.46. The molecule has 0 bridgehead atoms. The fraction of sp³-hybridized carbons (Fsp3) is 0.333. The molecule has 0 spiro atoms. The Balaban J connectivity index is 2.19. The second kappa shape index (κ2) is 7.49. The highest BCUT2D eigenvalue weighted by Gasteiger charge is 2.11. The molecule has 2 aromatic carbocycles. The molecule has 0 aromatic heterocycles. The predicted molar refractivity (Wildman–Crippen MR) is 91.2 cm³/mol. The summed E-state index contributed by atoms with van der Waals surface area (Å²) < 4.78 is 1.13. The van der Waals surface area contributed by atoms with Crippen molar-refractivity contribution in [3.05, 3.63) is 64.1 Å². The summed E-state index contributed by atoms with van der Waals surface area (Å²) in [4.78, 5) is 0. The van der Waals surface area contributed by atoms with Crippen LogP contribution in [0.2, 0.25) is 0 Å². The van der Waals surface area contributed by atoms with Gasteiger partial charge in [-0.1, -0.05) is 66.0 Å². The molecule has 2 rings (SSSR count). The van der Waals surface area contributed by atoms with E-state index in [0.717, 1.165) is 10.9 Å². The summed E-state index contributed by atoms with van der Waals surface area (Å²) in [6.07, 6.45) is 3.63. The van der Waals surface area contributed by atoms with E-state index >= 15 is 0 Å².